The van der Waals surface area contributed by atoms with Crippen LogP contribution in [0.15, 0.2) is 267 Å². The molecule has 586 valence electrons. The number of hydrogen-bond acceptors (Lipinski definition) is 4. The molecule has 2 aliphatic rings. The average Bonchev–Trinajstić information content (AvgIpc) is 0.868. The van der Waals surface area contributed by atoms with Crippen LogP contribution in [0.1, 0.15) is 184 Å². The molecule has 0 saturated heterocycles. The van der Waals surface area contributed by atoms with Gasteiger partial charge in [0.2, 0.25) is 0 Å². The van der Waals surface area contributed by atoms with E-state index in [1.54, 1.807) is 0 Å². The first-order valence-corrected chi connectivity index (χ1v) is 42.4. The highest BCUT2D eigenvalue weighted by Crippen LogP contribution is 2.50. The summed E-state index contributed by atoms with van der Waals surface area (Å²) >= 11 is 0. The molecular weight excluding hydrogens is 1430 g/mol. The van der Waals surface area contributed by atoms with Gasteiger partial charge in [0, 0.05) is 55.3 Å². The van der Waals surface area contributed by atoms with Crippen LogP contribution in [-0.4, -0.2) is 30.4 Å². The van der Waals surface area contributed by atoms with Crippen LogP contribution >= 0.6 is 0 Å². The van der Waals surface area contributed by atoms with Crippen molar-refractivity contribution in [2.45, 2.75) is 183 Å². The zero-order valence-electron chi connectivity index (χ0n) is 72.6. The number of nitrogens with zero attached hydrogens (tertiary/aromatic N) is 6. The monoisotopic (exact) mass is 1540 g/mol. The van der Waals surface area contributed by atoms with Crippen molar-refractivity contribution >= 4 is 106 Å². The summed E-state index contributed by atoms with van der Waals surface area (Å²) in [5.74, 6) is 3.31. The molecule has 7 heterocycles. The smallest absolute Gasteiger partial charge is 0.256 e. The molecule has 118 heavy (non-hydrogen) atoms. The lowest BCUT2D eigenvalue weighted by Gasteiger charge is -2.41. The van der Waals surface area contributed by atoms with E-state index in [1.165, 1.54) is 71.3 Å². The van der Waals surface area contributed by atoms with Crippen LogP contribution in [0.3, 0.4) is 0 Å². The SMILES string of the molecule is CC(C)(C)c1cccc(-c2cc(-c3ccc4c(c3)B3c5cc(-c6cccc(-n7c8ccc(C(C)(C)C)cc8c8cc(C(C)(C)C)ccc87)n6)ccc5Oc5cc(-n6c7cc(C(C)(C)C)ccc7c7ccc(C(C)(C)C)cc76)cc(c53)N4c3ccccc3-c3ccccc3)nc(-n3c4ccc(C(C)(C)C)cc4c4cc(C(C)(C)C)ccc43)c2)c1. The summed E-state index contributed by atoms with van der Waals surface area (Å²) in [7, 11) is 0. The number of benzene rings is 12. The predicted molar refractivity (Wildman–Crippen MR) is 504 cm³/mol. The molecule has 0 amide bonds. The van der Waals surface area contributed by atoms with Gasteiger partial charge in [-0.05, 0) is 236 Å². The number of pyridine rings is 2. The number of ether oxygens (including phenoxy) is 1. The summed E-state index contributed by atoms with van der Waals surface area (Å²) in [6, 6.07) is 102. The second-order valence-electron chi connectivity index (χ2n) is 40.9. The minimum absolute atomic E-state index is 0.0414. The van der Waals surface area contributed by atoms with Crippen LogP contribution in [0.2, 0.25) is 0 Å². The van der Waals surface area contributed by atoms with E-state index in [1.807, 2.05) is 0 Å². The number of aromatic nitrogens is 5. The fourth-order valence-electron chi connectivity index (χ4n) is 18.4. The average molecular weight is 1540 g/mol. The third-order valence-electron chi connectivity index (χ3n) is 25.4. The molecule has 19 rings (SSSR count). The second kappa shape index (κ2) is 26.8. The van der Waals surface area contributed by atoms with Gasteiger partial charge in [-0.2, -0.15) is 0 Å². The summed E-state index contributed by atoms with van der Waals surface area (Å²) in [5, 5.41) is 7.31. The molecule has 0 saturated carbocycles. The molecule has 8 heteroatoms. The van der Waals surface area contributed by atoms with Gasteiger partial charge in [0.25, 0.3) is 6.71 Å². The lowest BCUT2D eigenvalue weighted by atomic mass is 9.34. The standard InChI is InChI=1S/C110H107BN6O/c1-104(2,3)71-32-27-31-67(53-71)70-56-89(113-102(57-70)117-93-50-43-74(107(10,11)12)60-84(93)85-61-75(108(13,14)15)44-51-94(85)117)69-37-47-95-86(54-69)111-87-55-68(88-34-28-36-101(112-88)116-91-48-41-72(105(4,5)6)58-82(91)83-59-73(106(7,8)9)42-49-92(83)116)38-52-99(87)118-100-65-78(64-98(103(100)111)115(95)90-35-26-25-33-79(90)66-29-23-22-24-30-66)114-96-62-76(109(16,17)18)39-45-80(96)81-46-40-77(63-97(81)114)110(19,20)21/h22-65H,1-21H3. The minimum atomic E-state index is -0.358. The largest absolute Gasteiger partial charge is 0.458 e. The van der Waals surface area contributed by atoms with Gasteiger partial charge in [-0.1, -0.05) is 291 Å². The van der Waals surface area contributed by atoms with E-state index < -0.39 is 0 Å². The third kappa shape index (κ3) is 12.9. The molecule has 0 bridgehead atoms. The van der Waals surface area contributed by atoms with Crippen LogP contribution < -0.4 is 26.0 Å². The zero-order valence-corrected chi connectivity index (χ0v) is 72.6. The fraction of sp³-hybridized carbons (Fsp3) is 0.255. The number of rotatable bonds is 8. The predicted octanol–water partition coefficient (Wildman–Crippen LogP) is 27.9. The van der Waals surface area contributed by atoms with Crippen molar-refractivity contribution in [3.63, 3.8) is 0 Å². The van der Waals surface area contributed by atoms with E-state index in [4.69, 9.17) is 14.7 Å². The highest BCUT2D eigenvalue weighted by molar-refractivity contribution is 6.99. The van der Waals surface area contributed by atoms with E-state index in [0.29, 0.717) is 0 Å². The van der Waals surface area contributed by atoms with Crippen molar-refractivity contribution in [3.05, 3.63) is 306 Å². The van der Waals surface area contributed by atoms with Gasteiger partial charge in [-0.25, -0.2) is 9.97 Å². The molecule has 0 spiro atoms. The van der Waals surface area contributed by atoms with E-state index in [9.17, 15) is 0 Å². The molecule has 17 aromatic rings. The van der Waals surface area contributed by atoms with Gasteiger partial charge in [0.05, 0.1) is 55.9 Å². The van der Waals surface area contributed by atoms with Crippen LogP contribution in [0.5, 0.6) is 11.5 Å². The van der Waals surface area contributed by atoms with E-state index in [-0.39, 0.29) is 44.6 Å². The van der Waals surface area contributed by atoms with E-state index >= 15 is 0 Å². The molecule has 12 aromatic carbocycles. The second-order valence-corrected chi connectivity index (χ2v) is 40.9. The van der Waals surface area contributed by atoms with Gasteiger partial charge in [0.15, 0.2) is 0 Å². The number of hydrogen-bond donors (Lipinski definition) is 0. The van der Waals surface area contributed by atoms with E-state index in [0.717, 1.165) is 140 Å². The van der Waals surface area contributed by atoms with E-state index in [2.05, 4.69) is 431 Å². The Kier molecular flexibility index (Phi) is 17.2. The van der Waals surface area contributed by atoms with Crippen LogP contribution in [0.25, 0.3) is 128 Å². The molecule has 2 aliphatic heterocycles. The first kappa shape index (κ1) is 76.0. The van der Waals surface area contributed by atoms with Gasteiger partial charge < -0.3 is 14.2 Å². The van der Waals surface area contributed by atoms with Gasteiger partial charge in [0.1, 0.15) is 23.1 Å². The Labute approximate surface area is 697 Å². The van der Waals surface area contributed by atoms with Gasteiger partial charge in [-0.15, -0.1) is 0 Å². The first-order valence-electron chi connectivity index (χ1n) is 42.4. The Morgan fingerprint density at radius 3 is 1.25 bits per heavy atom. The number of anilines is 3. The highest BCUT2D eigenvalue weighted by Gasteiger charge is 2.44. The van der Waals surface area contributed by atoms with Gasteiger partial charge in [-0.3, -0.25) is 9.13 Å². The first-order chi connectivity index (χ1) is 55.9. The van der Waals surface area contributed by atoms with Crippen LogP contribution in [0, 0.1) is 0 Å². The van der Waals surface area contributed by atoms with Crippen molar-refractivity contribution in [1.29, 1.82) is 0 Å². The maximum Gasteiger partial charge on any atom is 0.256 e. The highest BCUT2D eigenvalue weighted by atomic mass is 16.5. The van der Waals surface area contributed by atoms with Crippen molar-refractivity contribution in [3.8, 4) is 73.6 Å². The molecule has 7 nitrogen and oxygen atoms in total. The van der Waals surface area contributed by atoms with Crippen molar-refractivity contribution < 1.29 is 4.74 Å². The van der Waals surface area contributed by atoms with Crippen molar-refractivity contribution in [2.24, 2.45) is 0 Å². The Bertz CT molecular complexity index is 6800. The van der Waals surface area contributed by atoms with Crippen LogP contribution in [-0.2, 0) is 37.9 Å². The minimum Gasteiger partial charge on any atom is -0.458 e. The maximum absolute atomic E-state index is 7.81. The lowest BCUT2D eigenvalue weighted by molar-refractivity contribution is 0.487. The molecule has 0 unspecified atom stereocenters. The lowest BCUT2D eigenvalue weighted by Crippen LogP contribution is -2.59. The molecule has 0 fully saturated rings. The quantitative estimate of drug-likeness (QED) is 0.142. The molecule has 0 atom stereocenters. The Hall–Kier alpha value is -12.0. The molecule has 0 aliphatic carbocycles. The normalized spacial score (nSPS) is 13.5. The van der Waals surface area contributed by atoms with Crippen molar-refractivity contribution in [2.75, 3.05) is 4.90 Å². The summed E-state index contributed by atoms with van der Waals surface area (Å²) in [4.78, 5) is 14.4. The summed E-state index contributed by atoms with van der Waals surface area (Å²) < 4.78 is 15.1. The summed E-state index contributed by atoms with van der Waals surface area (Å²) in [6.45, 7) is 48.2. The van der Waals surface area contributed by atoms with Crippen molar-refractivity contribution in [1.82, 2.24) is 23.7 Å². The zero-order chi connectivity index (χ0) is 82.6. The topological polar surface area (TPSA) is 53.0 Å². The van der Waals surface area contributed by atoms with Crippen LogP contribution in [0.4, 0.5) is 17.1 Å². The Morgan fingerprint density at radius 2 is 0.703 bits per heavy atom. The molecule has 0 radical (unpaired) electrons. The summed E-state index contributed by atoms with van der Waals surface area (Å²) in [6.07, 6.45) is 0. The Morgan fingerprint density at radius 1 is 0.254 bits per heavy atom. The molecular formula is C110H107BN6O. The van der Waals surface area contributed by atoms with Gasteiger partial charge >= 0.3 is 0 Å². The Balaban J connectivity index is 0.887. The molecule has 0 N–H and O–H groups in total. The third-order valence-corrected chi connectivity index (χ3v) is 25.4. The fourth-order valence-corrected chi connectivity index (χ4v) is 18.4. The number of fused-ring (bicyclic) bond motifs is 13. The maximum atomic E-state index is 7.81. The summed E-state index contributed by atoms with van der Waals surface area (Å²) in [5.41, 5.74) is 30.9. The number of para-hydroxylation sites is 1. The molecule has 5 aromatic heterocycles.